The quantitative estimate of drug-likeness (QED) is 0.577. The van der Waals surface area contributed by atoms with E-state index in [1.807, 2.05) is 12.1 Å². The van der Waals surface area contributed by atoms with Crippen LogP contribution in [0.15, 0.2) is 75.0 Å². The second-order valence-electron chi connectivity index (χ2n) is 7.95. The number of amides is 4. The van der Waals surface area contributed by atoms with Crippen LogP contribution in [0, 0.1) is 0 Å². The average Bonchev–Trinajstić information content (AvgIpc) is 3.59. The maximum atomic E-state index is 13.3. The fourth-order valence-corrected chi connectivity index (χ4v) is 4.16. The minimum atomic E-state index is -1.38. The number of urea groups is 1. The number of nitrogens with one attached hydrogen (secondary N) is 1. The normalized spacial score (nSPS) is 22.6. The van der Waals surface area contributed by atoms with Gasteiger partial charge >= 0.3 is 6.03 Å². The van der Waals surface area contributed by atoms with Crippen molar-refractivity contribution in [3.63, 3.8) is 0 Å². The number of rotatable bonds is 5. The van der Waals surface area contributed by atoms with E-state index in [0.29, 0.717) is 22.9 Å². The van der Waals surface area contributed by atoms with Crippen molar-refractivity contribution in [2.75, 3.05) is 6.54 Å². The summed E-state index contributed by atoms with van der Waals surface area (Å²) in [5, 5.41) is 8.98. The Morgan fingerprint density at radius 2 is 1.88 bits per heavy atom. The molecule has 5 rings (SSSR count). The number of furan rings is 2. The predicted octanol–water partition coefficient (Wildman–Crippen LogP) is 3.67. The molecule has 2 aliphatic heterocycles. The number of hydrogen-bond acceptors (Lipinski definition) is 6. The van der Waals surface area contributed by atoms with Gasteiger partial charge in [0, 0.05) is 11.4 Å². The SMILES string of the molecule is C[C@]1(c2ccco2)NC(=O)N(CC(=O)N2N=C(c3ccc(Cl)cc3)C[C@H]2c2ccco2)C1=O. The number of nitrogens with zero attached hydrogens (tertiary/aromatic N) is 3. The number of hydrogen-bond donors (Lipinski definition) is 1. The standard InChI is InChI=1S/C23H19ClN4O5/c1-23(19-5-3-11-33-19)21(30)27(22(31)25-23)13-20(29)28-17(18-4-2-10-32-18)12-16(26-28)14-6-8-15(24)9-7-14/h2-11,17H,12-13H2,1H3,(H,25,31)/t17-,23+/m0/s1. The lowest BCUT2D eigenvalue weighted by atomic mass is 9.99. The van der Waals surface area contributed by atoms with E-state index in [-0.39, 0.29) is 5.76 Å². The molecule has 2 aromatic heterocycles. The molecule has 4 heterocycles. The van der Waals surface area contributed by atoms with E-state index in [9.17, 15) is 14.4 Å². The molecule has 0 saturated carbocycles. The summed E-state index contributed by atoms with van der Waals surface area (Å²) in [6.07, 6.45) is 3.34. The first-order valence-corrected chi connectivity index (χ1v) is 10.6. The van der Waals surface area contributed by atoms with Crippen LogP contribution in [0.4, 0.5) is 4.79 Å². The fraction of sp³-hybridized carbons (Fsp3) is 0.217. The summed E-state index contributed by atoms with van der Waals surface area (Å²) < 4.78 is 10.9. The van der Waals surface area contributed by atoms with Crippen molar-refractivity contribution in [3.8, 4) is 0 Å². The van der Waals surface area contributed by atoms with Crippen molar-refractivity contribution in [2.24, 2.45) is 5.10 Å². The highest BCUT2D eigenvalue weighted by Crippen LogP contribution is 2.34. The van der Waals surface area contributed by atoms with Gasteiger partial charge in [-0.3, -0.25) is 14.5 Å². The zero-order chi connectivity index (χ0) is 23.2. The maximum absolute atomic E-state index is 13.3. The molecular formula is C23H19ClN4O5. The third-order valence-electron chi connectivity index (χ3n) is 5.80. The van der Waals surface area contributed by atoms with Crippen molar-refractivity contribution < 1.29 is 23.2 Å². The second-order valence-corrected chi connectivity index (χ2v) is 8.39. The van der Waals surface area contributed by atoms with E-state index >= 15 is 0 Å². The summed E-state index contributed by atoms with van der Waals surface area (Å²) in [6, 6.07) is 12.7. The smallest absolute Gasteiger partial charge is 0.325 e. The molecule has 168 valence electrons. The number of carbonyl (C=O) groups excluding carboxylic acids is 3. The first-order chi connectivity index (χ1) is 15.9. The summed E-state index contributed by atoms with van der Waals surface area (Å²) in [4.78, 5) is 39.8. The van der Waals surface area contributed by atoms with Crippen LogP contribution < -0.4 is 5.32 Å². The van der Waals surface area contributed by atoms with Crippen molar-refractivity contribution in [2.45, 2.75) is 24.9 Å². The molecule has 9 nitrogen and oxygen atoms in total. The Morgan fingerprint density at radius 3 is 2.55 bits per heavy atom. The summed E-state index contributed by atoms with van der Waals surface area (Å²) >= 11 is 5.99. The molecule has 1 fully saturated rings. The molecular weight excluding hydrogens is 448 g/mol. The highest BCUT2D eigenvalue weighted by atomic mass is 35.5. The molecule has 0 radical (unpaired) electrons. The van der Waals surface area contributed by atoms with Gasteiger partial charge in [0.1, 0.15) is 24.1 Å². The van der Waals surface area contributed by atoms with Crippen LogP contribution in [0.2, 0.25) is 5.02 Å². The molecule has 1 N–H and O–H groups in total. The van der Waals surface area contributed by atoms with E-state index in [1.54, 1.807) is 36.4 Å². The van der Waals surface area contributed by atoms with E-state index in [4.69, 9.17) is 20.4 Å². The Hall–Kier alpha value is -3.85. The van der Waals surface area contributed by atoms with Gasteiger partial charge < -0.3 is 14.2 Å². The molecule has 2 atom stereocenters. The third-order valence-corrected chi connectivity index (χ3v) is 6.05. The van der Waals surface area contributed by atoms with E-state index in [2.05, 4.69) is 10.4 Å². The molecule has 1 aromatic carbocycles. The Labute approximate surface area is 193 Å². The molecule has 0 bridgehead atoms. The van der Waals surface area contributed by atoms with Crippen LogP contribution >= 0.6 is 11.6 Å². The zero-order valence-corrected chi connectivity index (χ0v) is 18.3. The lowest BCUT2D eigenvalue weighted by Gasteiger charge is -2.23. The molecule has 2 aliphatic rings. The summed E-state index contributed by atoms with van der Waals surface area (Å²) in [5.41, 5.74) is 0.0926. The van der Waals surface area contributed by atoms with Gasteiger partial charge in [-0.15, -0.1) is 0 Å². The maximum Gasteiger partial charge on any atom is 0.325 e. The lowest BCUT2D eigenvalue weighted by Crippen LogP contribution is -2.43. The topological polar surface area (TPSA) is 108 Å². The number of carbonyl (C=O) groups is 3. The zero-order valence-electron chi connectivity index (χ0n) is 17.5. The van der Waals surface area contributed by atoms with Gasteiger partial charge in [-0.1, -0.05) is 23.7 Å². The van der Waals surface area contributed by atoms with Crippen molar-refractivity contribution in [1.82, 2.24) is 15.2 Å². The van der Waals surface area contributed by atoms with E-state index in [0.717, 1.165) is 10.5 Å². The van der Waals surface area contributed by atoms with Crippen LogP contribution in [-0.4, -0.2) is 40.0 Å². The largest absolute Gasteiger partial charge is 0.467 e. The van der Waals surface area contributed by atoms with Gasteiger partial charge in [0.05, 0.1) is 18.2 Å². The fourth-order valence-electron chi connectivity index (χ4n) is 4.04. The van der Waals surface area contributed by atoms with Crippen LogP contribution in [0.3, 0.4) is 0 Å². The van der Waals surface area contributed by atoms with Crippen LogP contribution in [0.5, 0.6) is 0 Å². The number of hydrazone groups is 1. The molecule has 33 heavy (non-hydrogen) atoms. The molecule has 3 aromatic rings. The van der Waals surface area contributed by atoms with Gasteiger partial charge in [-0.2, -0.15) is 5.10 Å². The van der Waals surface area contributed by atoms with Crippen LogP contribution in [0.1, 0.15) is 36.5 Å². The van der Waals surface area contributed by atoms with Crippen molar-refractivity contribution in [1.29, 1.82) is 0 Å². The predicted molar refractivity (Wildman–Crippen MR) is 117 cm³/mol. The first kappa shape index (κ1) is 21.0. The van der Waals surface area contributed by atoms with Gasteiger partial charge in [0.25, 0.3) is 11.8 Å². The Kier molecular flexibility index (Phi) is 5.05. The third kappa shape index (κ3) is 3.60. The number of imide groups is 1. The number of benzene rings is 1. The summed E-state index contributed by atoms with van der Waals surface area (Å²) in [5.74, 6) is -0.263. The lowest BCUT2D eigenvalue weighted by molar-refractivity contribution is -0.140. The molecule has 0 spiro atoms. The molecule has 10 heteroatoms. The highest BCUT2D eigenvalue weighted by molar-refractivity contribution is 6.30. The second kappa shape index (κ2) is 7.93. The molecule has 0 aliphatic carbocycles. The Bertz CT molecular complexity index is 1240. The van der Waals surface area contributed by atoms with Crippen molar-refractivity contribution in [3.05, 3.63) is 83.2 Å². The van der Waals surface area contributed by atoms with Gasteiger partial charge in [-0.25, -0.2) is 9.80 Å². The highest BCUT2D eigenvalue weighted by Gasteiger charge is 2.52. The minimum Gasteiger partial charge on any atom is -0.467 e. The molecule has 0 unspecified atom stereocenters. The minimum absolute atomic E-state index is 0.286. The van der Waals surface area contributed by atoms with E-state index in [1.165, 1.54) is 24.5 Å². The summed E-state index contributed by atoms with van der Waals surface area (Å²) in [7, 11) is 0. The molecule has 1 saturated heterocycles. The Morgan fingerprint density at radius 1 is 1.15 bits per heavy atom. The first-order valence-electron chi connectivity index (χ1n) is 10.2. The number of halogens is 1. The molecule has 4 amide bonds. The average molecular weight is 467 g/mol. The van der Waals surface area contributed by atoms with Gasteiger partial charge in [-0.05, 0) is 48.9 Å². The van der Waals surface area contributed by atoms with Crippen molar-refractivity contribution >= 4 is 35.2 Å². The van der Waals surface area contributed by atoms with Gasteiger partial charge in [0.2, 0.25) is 0 Å². The summed E-state index contributed by atoms with van der Waals surface area (Å²) in [6.45, 7) is 1.06. The monoisotopic (exact) mass is 466 g/mol. The van der Waals surface area contributed by atoms with Gasteiger partial charge in [0.15, 0.2) is 5.54 Å². The Balaban J connectivity index is 1.41. The van der Waals surface area contributed by atoms with Crippen LogP contribution in [0.25, 0.3) is 0 Å². The van der Waals surface area contributed by atoms with E-state index < -0.39 is 36.0 Å². The van der Waals surface area contributed by atoms with Crippen LogP contribution in [-0.2, 0) is 15.1 Å².